The zero-order valence-corrected chi connectivity index (χ0v) is 13.7. The van der Waals surface area contributed by atoms with Gasteiger partial charge in [0.1, 0.15) is 5.82 Å². The molecular formula is C17H20FNO3S. The van der Waals surface area contributed by atoms with Crippen LogP contribution in [0.3, 0.4) is 0 Å². The van der Waals surface area contributed by atoms with E-state index in [0.717, 1.165) is 11.1 Å². The molecule has 0 radical (unpaired) electrons. The number of aliphatic hydroxyl groups is 1. The number of sulfonamides is 1. The smallest absolute Gasteiger partial charge is 0.215 e. The summed E-state index contributed by atoms with van der Waals surface area (Å²) >= 11 is 0. The molecule has 0 spiro atoms. The van der Waals surface area contributed by atoms with Crippen molar-refractivity contribution in [2.75, 3.05) is 6.54 Å². The van der Waals surface area contributed by atoms with Crippen LogP contribution in [0.25, 0.3) is 0 Å². The number of aryl methyl sites for hydroxylation is 1. The Morgan fingerprint density at radius 1 is 1.17 bits per heavy atom. The van der Waals surface area contributed by atoms with E-state index in [4.69, 9.17) is 0 Å². The molecule has 0 aliphatic rings. The molecule has 2 aromatic rings. The van der Waals surface area contributed by atoms with Crippen molar-refractivity contribution < 1.29 is 17.9 Å². The summed E-state index contributed by atoms with van der Waals surface area (Å²) < 4.78 is 39.4. The zero-order valence-electron chi connectivity index (χ0n) is 12.9. The predicted octanol–water partition coefficient (Wildman–Crippen LogP) is 2.68. The minimum atomic E-state index is -3.46. The second-order valence-corrected chi connectivity index (χ2v) is 7.31. The van der Waals surface area contributed by atoms with Gasteiger partial charge in [0.25, 0.3) is 0 Å². The van der Waals surface area contributed by atoms with Gasteiger partial charge in [-0.25, -0.2) is 17.5 Å². The largest absolute Gasteiger partial charge is 0.388 e. The number of rotatable bonds is 7. The van der Waals surface area contributed by atoms with E-state index in [-0.39, 0.29) is 24.5 Å². The van der Waals surface area contributed by atoms with Gasteiger partial charge in [-0.1, -0.05) is 42.0 Å². The second-order valence-electron chi connectivity index (χ2n) is 5.50. The van der Waals surface area contributed by atoms with Crippen LogP contribution >= 0.6 is 0 Å². The lowest BCUT2D eigenvalue weighted by Crippen LogP contribution is -2.27. The molecule has 0 aliphatic heterocycles. The molecule has 2 N–H and O–H groups in total. The zero-order chi connectivity index (χ0) is 16.9. The molecule has 0 fully saturated rings. The van der Waals surface area contributed by atoms with Crippen LogP contribution in [-0.2, 0) is 15.8 Å². The van der Waals surface area contributed by atoms with Crippen molar-refractivity contribution in [3.8, 4) is 0 Å². The molecule has 0 aromatic heterocycles. The van der Waals surface area contributed by atoms with Crippen LogP contribution in [0.15, 0.2) is 48.5 Å². The number of nitrogens with one attached hydrogen (secondary N) is 1. The third kappa shape index (κ3) is 5.74. The highest BCUT2D eigenvalue weighted by molar-refractivity contribution is 7.88. The van der Waals surface area contributed by atoms with E-state index in [2.05, 4.69) is 4.72 Å². The lowest BCUT2D eigenvalue weighted by Gasteiger charge is -2.12. The summed E-state index contributed by atoms with van der Waals surface area (Å²) in [6, 6.07) is 12.8. The van der Waals surface area contributed by atoms with E-state index in [1.54, 1.807) is 6.07 Å². The molecule has 2 rings (SSSR count). The minimum Gasteiger partial charge on any atom is -0.388 e. The van der Waals surface area contributed by atoms with Crippen LogP contribution in [0.4, 0.5) is 4.39 Å². The standard InChI is InChI=1S/C17H20FNO3S/c1-13-3-2-4-14(11-13)12-23(21,22)19-10-9-17(20)15-5-7-16(18)8-6-15/h2-8,11,17,19-20H,9-10,12H2,1H3. The summed E-state index contributed by atoms with van der Waals surface area (Å²) in [5.41, 5.74) is 2.28. The highest BCUT2D eigenvalue weighted by Gasteiger charge is 2.13. The summed E-state index contributed by atoms with van der Waals surface area (Å²) in [7, 11) is -3.46. The van der Waals surface area contributed by atoms with Crippen LogP contribution in [0.1, 0.15) is 29.2 Å². The lowest BCUT2D eigenvalue weighted by atomic mass is 10.1. The maximum Gasteiger partial charge on any atom is 0.215 e. The summed E-state index contributed by atoms with van der Waals surface area (Å²) in [4.78, 5) is 0. The molecule has 0 saturated heterocycles. The number of benzene rings is 2. The molecule has 0 aliphatic carbocycles. The van der Waals surface area contributed by atoms with Crippen molar-refractivity contribution in [2.45, 2.75) is 25.2 Å². The Balaban J connectivity index is 1.86. The van der Waals surface area contributed by atoms with Gasteiger partial charge in [-0.2, -0.15) is 0 Å². The van der Waals surface area contributed by atoms with Crippen molar-refractivity contribution in [1.29, 1.82) is 0 Å². The fourth-order valence-corrected chi connectivity index (χ4v) is 3.42. The Morgan fingerprint density at radius 2 is 1.87 bits per heavy atom. The molecular weight excluding hydrogens is 317 g/mol. The molecule has 2 aromatic carbocycles. The Hall–Kier alpha value is -1.76. The SMILES string of the molecule is Cc1cccc(CS(=O)(=O)NCCC(O)c2ccc(F)cc2)c1. The fourth-order valence-electron chi connectivity index (χ4n) is 2.28. The quantitative estimate of drug-likeness (QED) is 0.816. The van der Waals surface area contributed by atoms with Crippen LogP contribution in [0.2, 0.25) is 0 Å². The molecule has 124 valence electrons. The monoisotopic (exact) mass is 337 g/mol. The molecule has 1 atom stereocenters. The van der Waals surface area contributed by atoms with Gasteiger partial charge in [-0.3, -0.25) is 0 Å². The molecule has 4 nitrogen and oxygen atoms in total. The third-order valence-corrected chi connectivity index (χ3v) is 4.79. The molecule has 6 heteroatoms. The molecule has 1 unspecified atom stereocenters. The maximum absolute atomic E-state index is 12.8. The van der Waals surface area contributed by atoms with E-state index < -0.39 is 16.1 Å². The third-order valence-electron chi connectivity index (χ3n) is 3.43. The Labute approximate surface area is 136 Å². The van der Waals surface area contributed by atoms with Gasteiger partial charge in [0.15, 0.2) is 0 Å². The Morgan fingerprint density at radius 3 is 2.52 bits per heavy atom. The number of aliphatic hydroxyl groups excluding tert-OH is 1. The molecule has 0 bridgehead atoms. The molecule has 23 heavy (non-hydrogen) atoms. The van der Waals surface area contributed by atoms with Crippen molar-refractivity contribution in [3.63, 3.8) is 0 Å². The number of hydrogen-bond acceptors (Lipinski definition) is 3. The number of hydrogen-bond donors (Lipinski definition) is 2. The average Bonchev–Trinajstić information content (AvgIpc) is 2.47. The van der Waals surface area contributed by atoms with E-state index in [1.807, 2.05) is 25.1 Å². The molecule has 0 saturated carbocycles. The first kappa shape index (κ1) is 17.6. The van der Waals surface area contributed by atoms with Crippen molar-refractivity contribution in [1.82, 2.24) is 4.72 Å². The van der Waals surface area contributed by atoms with Crippen molar-refractivity contribution in [3.05, 3.63) is 71.0 Å². The van der Waals surface area contributed by atoms with Crippen molar-refractivity contribution >= 4 is 10.0 Å². The minimum absolute atomic E-state index is 0.0959. The lowest BCUT2D eigenvalue weighted by molar-refractivity contribution is 0.169. The fraction of sp³-hybridized carbons (Fsp3) is 0.294. The number of halogens is 1. The molecule has 0 heterocycles. The molecule has 0 amide bonds. The van der Waals surface area contributed by atoms with E-state index in [0.29, 0.717) is 5.56 Å². The topological polar surface area (TPSA) is 66.4 Å². The average molecular weight is 337 g/mol. The Kier molecular flexibility index (Phi) is 5.87. The van der Waals surface area contributed by atoms with Crippen molar-refractivity contribution in [2.24, 2.45) is 0 Å². The summed E-state index contributed by atoms with van der Waals surface area (Å²) in [5, 5.41) is 9.98. The highest BCUT2D eigenvalue weighted by Crippen LogP contribution is 2.16. The van der Waals surface area contributed by atoms with Gasteiger partial charge in [0, 0.05) is 6.54 Å². The first-order chi connectivity index (χ1) is 10.9. The summed E-state index contributed by atoms with van der Waals surface area (Å²) in [6.07, 6.45) is -0.615. The van der Waals surface area contributed by atoms with E-state index in [1.165, 1.54) is 24.3 Å². The predicted molar refractivity (Wildman–Crippen MR) is 87.8 cm³/mol. The first-order valence-electron chi connectivity index (χ1n) is 7.32. The summed E-state index contributed by atoms with van der Waals surface area (Å²) in [6.45, 7) is 2.02. The van der Waals surface area contributed by atoms with Gasteiger partial charge in [-0.15, -0.1) is 0 Å². The highest BCUT2D eigenvalue weighted by atomic mass is 32.2. The van der Waals surface area contributed by atoms with E-state index >= 15 is 0 Å². The van der Waals surface area contributed by atoms with Gasteiger partial charge in [-0.05, 0) is 36.6 Å². The van der Waals surface area contributed by atoms with Crippen LogP contribution in [0.5, 0.6) is 0 Å². The van der Waals surface area contributed by atoms with Gasteiger partial charge in [0.05, 0.1) is 11.9 Å². The summed E-state index contributed by atoms with van der Waals surface area (Å²) in [5.74, 6) is -0.471. The van der Waals surface area contributed by atoms with Gasteiger partial charge >= 0.3 is 0 Å². The maximum atomic E-state index is 12.8. The van der Waals surface area contributed by atoms with Gasteiger partial charge < -0.3 is 5.11 Å². The van der Waals surface area contributed by atoms with E-state index in [9.17, 15) is 17.9 Å². The van der Waals surface area contributed by atoms with Crippen LogP contribution in [0, 0.1) is 12.7 Å². The van der Waals surface area contributed by atoms with Crippen LogP contribution < -0.4 is 4.72 Å². The normalized spacial score (nSPS) is 13.0. The second kappa shape index (κ2) is 7.68. The Bertz CT molecular complexity index is 745. The van der Waals surface area contributed by atoms with Crippen LogP contribution in [-0.4, -0.2) is 20.1 Å². The first-order valence-corrected chi connectivity index (χ1v) is 8.97. The van der Waals surface area contributed by atoms with Gasteiger partial charge in [0.2, 0.25) is 10.0 Å².